The molecule has 2 saturated heterocycles. The lowest BCUT2D eigenvalue weighted by Crippen LogP contribution is -2.47. The monoisotopic (exact) mass is 438 g/mol. The summed E-state index contributed by atoms with van der Waals surface area (Å²) in [6, 6.07) is 13.6. The predicted molar refractivity (Wildman–Crippen MR) is 119 cm³/mol. The zero-order valence-corrected chi connectivity index (χ0v) is 17.7. The number of nitrogens with one attached hydrogen (secondary N) is 1. The summed E-state index contributed by atoms with van der Waals surface area (Å²) < 4.78 is 5.30. The second-order valence-electron chi connectivity index (χ2n) is 7.98. The van der Waals surface area contributed by atoms with Crippen molar-refractivity contribution in [3.8, 4) is 0 Å². The molecule has 1 N–H and O–H groups in total. The molecular formula is C23H26N4O5. The third-order valence-corrected chi connectivity index (χ3v) is 5.95. The summed E-state index contributed by atoms with van der Waals surface area (Å²) in [4.78, 5) is 40.3. The summed E-state index contributed by atoms with van der Waals surface area (Å²) in [5.74, 6) is -0.215. The number of rotatable bonds is 5. The average Bonchev–Trinajstić information content (AvgIpc) is 2.84. The van der Waals surface area contributed by atoms with E-state index in [0.717, 1.165) is 5.69 Å². The number of likely N-dealkylation sites (tertiary alicyclic amines) is 1. The Kier molecular flexibility index (Phi) is 6.65. The Morgan fingerprint density at radius 3 is 2.31 bits per heavy atom. The van der Waals surface area contributed by atoms with Crippen LogP contribution in [0.2, 0.25) is 0 Å². The van der Waals surface area contributed by atoms with Crippen molar-refractivity contribution in [3.63, 3.8) is 0 Å². The van der Waals surface area contributed by atoms with Crippen molar-refractivity contribution in [2.24, 2.45) is 5.92 Å². The minimum atomic E-state index is -0.491. The fourth-order valence-electron chi connectivity index (χ4n) is 4.15. The minimum absolute atomic E-state index is 0.0936. The fraction of sp³-hybridized carbons (Fsp3) is 0.391. The van der Waals surface area contributed by atoms with E-state index in [-0.39, 0.29) is 29.0 Å². The van der Waals surface area contributed by atoms with E-state index in [1.165, 1.54) is 6.07 Å². The highest BCUT2D eigenvalue weighted by atomic mass is 16.6. The number of amides is 2. The third-order valence-electron chi connectivity index (χ3n) is 5.95. The second kappa shape index (κ2) is 9.78. The van der Waals surface area contributed by atoms with E-state index in [1.54, 1.807) is 17.0 Å². The van der Waals surface area contributed by atoms with Gasteiger partial charge in [0.2, 0.25) is 5.91 Å². The van der Waals surface area contributed by atoms with Gasteiger partial charge in [0.05, 0.1) is 18.1 Å². The smallest absolute Gasteiger partial charge is 0.293 e. The lowest BCUT2D eigenvalue weighted by atomic mass is 9.94. The van der Waals surface area contributed by atoms with Crippen LogP contribution < -0.4 is 5.32 Å². The van der Waals surface area contributed by atoms with Gasteiger partial charge in [0, 0.05) is 49.4 Å². The molecule has 9 nitrogen and oxygen atoms in total. The molecule has 0 unspecified atom stereocenters. The Bertz CT molecular complexity index is 983. The predicted octanol–water partition coefficient (Wildman–Crippen LogP) is 3.05. The van der Waals surface area contributed by atoms with Gasteiger partial charge in [0.15, 0.2) is 0 Å². The van der Waals surface area contributed by atoms with E-state index in [1.807, 2.05) is 35.2 Å². The number of nitro benzene ring substituents is 1. The van der Waals surface area contributed by atoms with Gasteiger partial charge in [-0.05, 0) is 37.1 Å². The number of ether oxygens (including phenoxy) is 1. The van der Waals surface area contributed by atoms with Gasteiger partial charge in [-0.1, -0.05) is 18.2 Å². The van der Waals surface area contributed by atoms with Gasteiger partial charge in [0.1, 0.15) is 5.69 Å². The number of piperidine rings is 1. The fourth-order valence-corrected chi connectivity index (χ4v) is 4.15. The Morgan fingerprint density at radius 2 is 1.66 bits per heavy atom. The summed E-state index contributed by atoms with van der Waals surface area (Å²) in [7, 11) is 0. The van der Waals surface area contributed by atoms with Crippen LogP contribution in [0.15, 0.2) is 48.5 Å². The van der Waals surface area contributed by atoms with Gasteiger partial charge in [0.25, 0.3) is 11.6 Å². The largest absolute Gasteiger partial charge is 0.378 e. The Morgan fingerprint density at radius 1 is 0.969 bits per heavy atom. The number of benzene rings is 2. The molecule has 0 aliphatic carbocycles. The summed E-state index contributed by atoms with van der Waals surface area (Å²) >= 11 is 0. The number of para-hydroxylation sites is 1. The maximum absolute atomic E-state index is 13.0. The Hall–Kier alpha value is -3.46. The molecule has 2 amide bonds. The second-order valence-corrected chi connectivity index (χ2v) is 7.98. The number of morpholine rings is 1. The maximum atomic E-state index is 13.0. The topological polar surface area (TPSA) is 105 Å². The number of hydrogen-bond acceptors (Lipinski definition) is 6. The molecule has 2 aromatic rings. The molecule has 4 rings (SSSR count). The van der Waals surface area contributed by atoms with Crippen molar-refractivity contribution < 1.29 is 19.2 Å². The van der Waals surface area contributed by atoms with E-state index in [9.17, 15) is 19.7 Å². The van der Waals surface area contributed by atoms with E-state index in [0.29, 0.717) is 57.9 Å². The summed E-state index contributed by atoms with van der Waals surface area (Å²) in [6.45, 7) is 3.28. The molecule has 0 aromatic heterocycles. The number of anilines is 2. The molecule has 2 aromatic carbocycles. The molecule has 0 radical (unpaired) electrons. The quantitative estimate of drug-likeness (QED) is 0.568. The Labute approximate surface area is 186 Å². The van der Waals surface area contributed by atoms with Crippen LogP contribution in [-0.4, -0.2) is 65.9 Å². The van der Waals surface area contributed by atoms with Crippen molar-refractivity contribution in [3.05, 3.63) is 64.2 Å². The normalized spacial score (nSPS) is 17.1. The molecule has 9 heteroatoms. The number of hydrogen-bond donors (Lipinski definition) is 1. The summed E-state index contributed by atoms with van der Waals surface area (Å²) in [5.41, 5.74) is 1.17. The van der Waals surface area contributed by atoms with Gasteiger partial charge in [-0.2, -0.15) is 0 Å². The van der Waals surface area contributed by atoms with Gasteiger partial charge >= 0.3 is 0 Å². The van der Waals surface area contributed by atoms with Crippen LogP contribution in [0.25, 0.3) is 0 Å². The highest BCUT2D eigenvalue weighted by molar-refractivity contribution is 5.96. The standard InChI is InChI=1S/C23H26N4O5/c28-22(26-12-14-32-15-13-26)17-8-10-25(11-9-17)23(29)18-6-7-20(21(16-18)27(30)31)24-19-4-2-1-3-5-19/h1-7,16-17,24H,8-15H2. The van der Waals surface area contributed by atoms with E-state index >= 15 is 0 Å². The molecule has 0 bridgehead atoms. The zero-order valence-electron chi connectivity index (χ0n) is 17.7. The first-order chi connectivity index (χ1) is 15.5. The number of nitrogens with zero attached hydrogens (tertiary/aromatic N) is 3. The minimum Gasteiger partial charge on any atom is -0.378 e. The van der Waals surface area contributed by atoms with Crippen LogP contribution in [0.3, 0.4) is 0 Å². The lowest BCUT2D eigenvalue weighted by molar-refractivity contribution is -0.383. The van der Waals surface area contributed by atoms with Gasteiger partial charge < -0.3 is 19.9 Å². The van der Waals surface area contributed by atoms with Crippen molar-refractivity contribution in [2.75, 3.05) is 44.7 Å². The Balaban J connectivity index is 1.41. The SMILES string of the molecule is O=C(c1ccc(Nc2ccccc2)c([N+](=O)[O-])c1)N1CCC(C(=O)N2CCOCC2)CC1. The highest BCUT2D eigenvalue weighted by Crippen LogP contribution is 2.30. The maximum Gasteiger partial charge on any atom is 0.293 e. The van der Waals surface area contributed by atoms with Crippen molar-refractivity contribution in [1.82, 2.24) is 9.80 Å². The molecule has 168 valence electrons. The molecule has 2 aliphatic rings. The summed E-state index contributed by atoms with van der Waals surface area (Å²) in [6.07, 6.45) is 1.19. The zero-order chi connectivity index (χ0) is 22.5. The first-order valence-corrected chi connectivity index (χ1v) is 10.8. The highest BCUT2D eigenvalue weighted by Gasteiger charge is 2.31. The lowest BCUT2D eigenvalue weighted by Gasteiger charge is -2.35. The van der Waals surface area contributed by atoms with Gasteiger partial charge in [-0.3, -0.25) is 19.7 Å². The van der Waals surface area contributed by atoms with Crippen LogP contribution in [0.5, 0.6) is 0 Å². The number of carbonyl (C=O) groups is 2. The van der Waals surface area contributed by atoms with Crippen molar-refractivity contribution in [2.45, 2.75) is 12.8 Å². The van der Waals surface area contributed by atoms with E-state index in [2.05, 4.69) is 5.32 Å². The third kappa shape index (κ3) is 4.88. The van der Waals surface area contributed by atoms with Crippen LogP contribution >= 0.6 is 0 Å². The molecule has 2 heterocycles. The first kappa shape index (κ1) is 21.8. The molecule has 0 spiro atoms. The van der Waals surface area contributed by atoms with Crippen LogP contribution in [-0.2, 0) is 9.53 Å². The van der Waals surface area contributed by atoms with Crippen LogP contribution in [0.4, 0.5) is 17.1 Å². The molecule has 32 heavy (non-hydrogen) atoms. The molecule has 0 atom stereocenters. The van der Waals surface area contributed by atoms with Crippen molar-refractivity contribution in [1.29, 1.82) is 0 Å². The first-order valence-electron chi connectivity index (χ1n) is 10.8. The number of carbonyl (C=O) groups excluding carboxylic acids is 2. The van der Waals surface area contributed by atoms with Crippen LogP contribution in [0, 0.1) is 16.0 Å². The molecule has 0 saturated carbocycles. The summed E-state index contributed by atoms with van der Waals surface area (Å²) in [5, 5.41) is 14.7. The van der Waals surface area contributed by atoms with Crippen LogP contribution in [0.1, 0.15) is 23.2 Å². The van der Waals surface area contributed by atoms with E-state index in [4.69, 9.17) is 4.74 Å². The van der Waals surface area contributed by atoms with Crippen molar-refractivity contribution >= 4 is 28.9 Å². The molecule has 2 aliphatic heterocycles. The van der Waals surface area contributed by atoms with Gasteiger partial charge in [-0.25, -0.2) is 0 Å². The number of nitro groups is 1. The van der Waals surface area contributed by atoms with Gasteiger partial charge in [-0.15, -0.1) is 0 Å². The molecular weight excluding hydrogens is 412 g/mol. The molecule has 2 fully saturated rings. The van der Waals surface area contributed by atoms with E-state index < -0.39 is 4.92 Å². The average molecular weight is 438 g/mol.